The van der Waals surface area contributed by atoms with Crippen LogP contribution in [0.3, 0.4) is 0 Å². The van der Waals surface area contributed by atoms with Gasteiger partial charge in [0.25, 0.3) is 0 Å². The topological polar surface area (TPSA) is 92.3 Å². The summed E-state index contributed by atoms with van der Waals surface area (Å²) in [6, 6.07) is 5.75. The van der Waals surface area contributed by atoms with Crippen LogP contribution in [0.15, 0.2) is 41.6 Å². The van der Waals surface area contributed by atoms with E-state index in [0.29, 0.717) is 16.5 Å². The van der Waals surface area contributed by atoms with Crippen molar-refractivity contribution in [3.63, 3.8) is 0 Å². The molecule has 0 aliphatic carbocycles. The average molecular weight is 397 g/mol. The molecule has 0 spiro atoms. The lowest BCUT2D eigenvalue weighted by Gasteiger charge is -2.18. The van der Waals surface area contributed by atoms with Crippen LogP contribution < -0.4 is 5.32 Å². The molecular weight excluding hydrogens is 376 g/mol. The van der Waals surface area contributed by atoms with Crippen LogP contribution in [0.5, 0.6) is 0 Å². The number of carbonyl (C=O) groups is 1. The number of nitrogens with zero attached hydrogens (tertiary/aromatic N) is 3. The molecule has 2 aromatic rings. The molecule has 26 heavy (non-hydrogen) atoms. The molecular formula is C17H21ClN4O3S. The molecule has 140 valence electrons. The molecule has 0 unspecified atom stereocenters. The number of hydrogen-bond acceptors (Lipinski definition) is 5. The Labute approximate surface area is 158 Å². The molecule has 0 bridgehead atoms. The number of hydrogen-bond donors (Lipinski definition) is 1. The fourth-order valence-corrected chi connectivity index (χ4v) is 3.31. The number of halogens is 1. The van der Waals surface area contributed by atoms with Gasteiger partial charge in [0.05, 0.1) is 29.5 Å². The van der Waals surface area contributed by atoms with Crippen molar-refractivity contribution in [1.82, 2.24) is 14.3 Å². The first-order chi connectivity index (χ1) is 12.0. The molecule has 0 saturated heterocycles. The molecule has 2 rings (SSSR count). The minimum absolute atomic E-state index is 0.0649. The van der Waals surface area contributed by atoms with Crippen LogP contribution in [0.4, 0.5) is 5.69 Å². The lowest BCUT2D eigenvalue weighted by molar-refractivity contribution is -0.116. The Morgan fingerprint density at radius 3 is 2.19 bits per heavy atom. The highest BCUT2D eigenvalue weighted by molar-refractivity contribution is 7.89. The van der Waals surface area contributed by atoms with Gasteiger partial charge in [0, 0.05) is 17.5 Å². The first-order valence-corrected chi connectivity index (χ1v) is 9.66. The molecule has 1 amide bonds. The van der Waals surface area contributed by atoms with E-state index in [1.165, 1.54) is 43.7 Å². The molecule has 1 aromatic carbocycles. The lowest BCUT2D eigenvalue weighted by atomic mass is 9.96. The minimum atomic E-state index is -3.79. The van der Waals surface area contributed by atoms with Gasteiger partial charge >= 0.3 is 0 Å². The summed E-state index contributed by atoms with van der Waals surface area (Å²) in [6.07, 6.45) is 3.00. The van der Waals surface area contributed by atoms with Gasteiger partial charge in [-0.3, -0.25) is 4.79 Å². The van der Waals surface area contributed by atoms with Gasteiger partial charge in [-0.15, -0.1) is 0 Å². The second-order valence-electron chi connectivity index (χ2n) is 6.81. The standard InChI is InChI=1S/C17H21ClN4O3S/c1-17(2,3)16-19-9-13(10-20-16)21-15(23)11-22(4)26(24,25)14-7-5-12(18)6-8-14/h5-10H,11H2,1-4H3,(H,21,23). The molecule has 0 fully saturated rings. The third kappa shape index (κ3) is 5.00. The zero-order valence-corrected chi connectivity index (χ0v) is 16.6. The van der Waals surface area contributed by atoms with Gasteiger partial charge in [0.1, 0.15) is 5.82 Å². The van der Waals surface area contributed by atoms with Gasteiger partial charge in [-0.2, -0.15) is 4.31 Å². The molecule has 1 aromatic heterocycles. The first kappa shape index (κ1) is 20.3. The van der Waals surface area contributed by atoms with Crippen LogP contribution in [0.25, 0.3) is 0 Å². The van der Waals surface area contributed by atoms with Crippen molar-refractivity contribution in [2.75, 3.05) is 18.9 Å². The predicted octanol–water partition coefficient (Wildman–Crippen LogP) is 2.69. The maximum atomic E-state index is 12.5. The van der Waals surface area contributed by atoms with Crippen LogP contribution in [0.1, 0.15) is 26.6 Å². The molecule has 1 heterocycles. The van der Waals surface area contributed by atoms with E-state index in [9.17, 15) is 13.2 Å². The maximum absolute atomic E-state index is 12.5. The number of likely N-dealkylation sites (N-methyl/N-ethyl adjacent to an activating group) is 1. The number of amides is 1. The number of rotatable bonds is 5. The Morgan fingerprint density at radius 2 is 1.69 bits per heavy atom. The first-order valence-electron chi connectivity index (χ1n) is 7.84. The molecule has 0 atom stereocenters. The highest BCUT2D eigenvalue weighted by Crippen LogP contribution is 2.19. The third-order valence-corrected chi connectivity index (χ3v) is 5.56. The Morgan fingerprint density at radius 1 is 1.15 bits per heavy atom. The van der Waals surface area contributed by atoms with E-state index in [4.69, 9.17) is 11.6 Å². The van der Waals surface area contributed by atoms with Gasteiger partial charge in [-0.1, -0.05) is 32.4 Å². The number of aromatic nitrogens is 2. The number of anilines is 1. The zero-order chi connectivity index (χ0) is 19.5. The molecule has 0 aliphatic rings. The van der Waals surface area contributed by atoms with Gasteiger partial charge < -0.3 is 5.32 Å². The van der Waals surface area contributed by atoms with Crippen molar-refractivity contribution < 1.29 is 13.2 Å². The Hall–Kier alpha value is -2.03. The van der Waals surface area contributed by atoms with Gasteiger partial charge in [0.2, 0.25) is 15.9 Å². The highest BCUT2D eigenvalue weighted by Gasteiger charge is 2.23. The van der Waals surface area contributed by atoms with E-state index < -0.39 is 15.9 Å². The molecule has 0 radical (unpaired) electrons. The summed E-state index contributed by atoms with van der Waals surface area (Å²) in [7, 11) is -2.45. The molecule has 0 saturated carbocycles. The fourth-order valence-electron chi connectivity index (χ4n) is 2.05. The summed E-state index contributed by atoms with van der Waals surface area (Å²) in [4.78, 5) is 20.6. The average Bonchev–Trinajstić information content (AvgIpc) is 2.54. The van der Waals surface area contributed by atoms with E-state index in [0.717, 1.165) is 4.31 Å². The number of sulfonamides is 1. The second-order valence-corrected chi connectivity index (χ2v) is 9.29. The monoisotopic (exact) mass is 396 g/mol. The summed E-state index contributed by atoms with van der Waals surface area (Å²) in [5.41, 5.74) is 0.204. The van der Waals surface area contributed by atoms with Crippen molar-refractivity contribution in [2.24, 2.45) is 0 Å². The normalized spacial score (nSPS) is 12.2. The molecule has 0 aliphatic heterocycles. The summed E-state index contributed by atoms with van der Waals surface area (Å²) < 4.78 is 25.9. The van der Waals surface area contributed by atoms with E-state index in [1.807, 2.05) is 20.8 Å². The Bertz CT molecular complexity index is 876. The van der Waals surface area contributed by atoms with Crippen LogP contribution in [0, 0.1) is 0 Å². The van der Waals surface area contributed by atoms with Crippen molar-refractivity contribution in [1.29, 1.82) is 0 Å². The second kappa shape index (κ2) is 7.69. The molecule has 7 nitrogen and oxygen atoms in total. The van der Waals surface area contributed by atoms with Gasteiger partial charge in [-0.25, -0.2) is 18.4 Å². The lowest BCUT2D eigenvalue weighted by Crippen LogP contribution is -2.35. The summed E-state index contributed by atoms with van der Waals surface area (Å²) in [5.74, 6) is 0.162. The van der Waals surface area contributed by atoms with Crippen molar-refractivity contribution in [2.45, 2.75) is 31.1 Å². The van der Waals surface area contributed by atoms with Crippen LogP contribution >= 0.6 is 11.6 Å². The highest BCUT2D eigenvalue weighted by atomic mass is 35.5. The van der Waals surface area contributed by atoms with E-state index in [-0.39, 0.29) is 16.9 Å². The van der Waals surface area contributed by atoms with E-state index >= 15 is 0 Å². The van der Waals surface area contributed by atoms with Crippen LogP contribution in [-0.2, 0) is 20.2 Å². The van der Waals surface area contributed by atoms with Crippen molar-refractivity contribution in [3.05, 3.63) is 47.5 Å². The number of carbonyl (C=O) groups excluding carboxylic acids is 1. The fraction of sp³-hybridized carbons (Fsp3) is 0.353. The summed E-state index contributed by atoms with van der Waals surface area (Å²) in [5, 5.41) is 3.03. The smallest absolute Gasteiger partial charge is 0.243 e. The quantitative estimate of drug-likeness (QED) is 0.838. The largest absolute Gasteiger partial charge is 0.322 e. The summed E-state index contributed by atoms with van der Waals surface area (Å²) >= 11 is 5.77. The van der Waals surface area contributed by atoms with Gasteiger partial charge in [-0.05, 0) is 24.3 Å². The Kier molecular flexibility index (Phi) is 6.00. The van der Waals surface area contributed by atoms with Crippen LogP contribution in [0.2, 0.25) is 5.02 Å². The molecule has 9 heteroatoms. The van der Waals surface area contributed by atoms with Crippen LogP contribution in [-0.4, -0.2) is 42.2 Å². The maximum Gasteiger partial charge on any atom is 0.243 e. The third-order valence-electron chi connectivity index (χ3n) is 3.49. The predicted molar refractivity (Wildman–Crippen MR) is 101 cm³/mol. The van der Waals surface area contributed by atoms with E-state index in [1.54, 1.807) is 0 Å². The number of nitrogens with one attached hydrogen (secondary N) is 1. The number of benzene rings is 1. The van der Waals surface area contributed by atoms with Gasteiger partial charge in [0.15, 0.2) is 0 Å². The SMILES string of the molecule is CN(CC(=O)Nc1cnc(C(C)(C)C)nc1)S(=O)(=O)c1ccc(Cl)cc1. The van der Waals surface area contributed by atoms with Crippen molar-refractivity contribution >= 4 is 33.2 Å². The summed E-state index contributed by atoms with van der Waals surface area (Å²) in [6.45, 7) is 5.61. The zero-order valence-electron chi connectivity index (χ0n) is 15.0. The van der Waals surface area contributed by atoms with Crippen molar-refractivity contribution in [3.8, 4) is 0 Å². The minimum Gasteiger partial charge on any atom is -0.322 e. The van der Waals surface area contributed by atoms with E-state index in [2.05, 4.69) is 15.3 Å². The Balaban J connectivity index is 2.03. The molecule has 1 N–H and O–H groups in total.